The van der Waals surface area contributed by atoms with Crippen LogP contribution < -0.4 is 11.1 Å². The molecule has 154 valence electrons. The fourth-order valence-corrected chi connectivity index (χ4v) is 3.45. The average molecular weight is 400 g/mol. The Hall–Kier alpha value is -2.79. The molecule has 1 saturated heterocycles. The molecule has 4 atom stereocenters. The molecule has 0 radical (unpaired) electrons. The van der Waals surface area contributed by atoms with Crippen molar-refractivity contribution < 1.29 is 20.1 Å². The predicted octanol–water partition coefficient (Wildman–Crippen LogP) is 0.0647. The monoisotopic (exact) mass is 400 g/mol. The molecular formula is C19H24N6O4. The van der Waals surface area contributed by atoms with E-state index in [1.165, 1.54) is 16.5 Å². The highest BCUT2D eigenvalue weighted by Crippen LogP contribution is 2.32. The van der Waals surface area contributed by atoms with Gasteiger partial charge in [-0.1, -0.05) is 30.3 Å². The molecular weight excluding hydrogens is 376 g/mol. The van der Waals surface area contributed by atoms with Crippen molar-refractivity contribution in [2.45, 2.75) is 37.4 Å². The van der Waals surface area contributed by atoms with Crippen LogP contribution in [0, 0.1) is 0 Å². The lowest BCUT2D eigenvalue weighted by atomic mass is 10.1. The van der Waals surface area contributed by atoms with Crippen LogP contribution in [0.5, 0.6) is 0 Å². The first kappa shape index (κ1) is 19.5. The Morgan fingerprint density at radius 1 is 1.14 bits per heavy atom. The van der Waals surface area contributed by atoms with Crippen LogP contribution >= 0.6 is 0 Å². The number of fused-ring (bicyclic) bond motifs is 1. The number of aryl methyl sites for hydroxylation is 1. The van der Waals surface area contributed by atoms with Gasteiger partial charge in [0.25, 0.3) is 0 Å². The van der Waals surface area contributed by atoms with E-state index in [4.69, 9.17) is 10.5 Å². The number of hydrogen-bond donors (Lipinski definition) is 5. The van der Waals surface area contributed by atoms with Crippen LogP contribution in [0.25, 0.3) is 11.2 Å². The van der Waals surface area contributed by atoms with Gasteiger partial charge in [-0.3, -0.25) is 4.57 Å². The summed E-state index contributed by atoms with van der Waals surface area (Å²) in [5.41, 5.74) is 8.02. The zero-order valence-electron chi connectivity index (χ0n) is 15.7. The SMILES string of the molecule is Nc1nc(NCCCc2ccccc2)nc2c1ncn2C1OC(CO)C(O)C1O. The largest absolute Gasteiger partial charge is 0.394 e. The third kappa shape index (κ3) is 3.87. The molecule has 1 aliphatic heterocycles. The third-order valence-corrected chi connectivity index (χ3v) is 5.01. The first-order valence-corrected chi connectivity index (χ1v) is 9.48. The lowest BCUT2D eigenvalue weighted by Gasteiger charge is -2.16. The van der Waals surface area contributed by atoms with Crippen molar-refractivity contribution in [3.8, 4) is 0 Å². The Balaban J connectivity index is 1.49. The van der Waals surface area contributed by atoms with E-state index in [2.05, 4.69) is 32.4 Å². The van der Waals surface area contributed by atoms with Gasteiger partial charge in [0.2, 0.25) is 5.95 Å². The number of ether oxygens (including phenoxy) is 1. The fourth-order valence-electron chi connectivity index (χ4n) is 3.45. The van der Waals surface area contributed by atoms with Gasteiger partial charge in [-0.2, -0.15) is 9.97 Å². The van der Waals surface area contributed by atoms with E-state index >= 15 is 0 Å². The number of imidazole rings is 1. The fraction of sp³-hybridized carbons (Fsp3) is 0.421. The molecule has 0 aliphatic carbocycles. The second-order valence-electron chi connectivity index (χ2n) is 7.00. The average Bonchev–Trinajstić information content (AvgIpc) is 3.28. The van der Waals surface area contributed by atoms with Crippen molar-refractivity contribution in [3.63, 3.8) is 0 Å². The second kappa shape index (κ2) is 8.29. The number of anilines is 2. The molecule has 29 heavy (non-hydrogen) atoms. The summed E-state index contributed by atoms with van der Waals surface area (Å²) in [5.74, 6) is 0.544. The normalized spacial score (nSPS) is 24.2. The van der Waals surface area contributed by atoms with Gasteiger partial charge in [0, 0.05) is 6.54 Å². The highest BCUT2D eigenvalue weighted by molar-refractivity contribution is 5.83. The van der Waals surface area contributed by atoms with Crippen LogP contribution in [0.3, 0.4) is 0 Å². The molecule has 10 heteroatoms. The quantitative estimate of drug-likeness (QED) is 0.347. The number of nitrogens with one attached hydrogen (secondary N) is 1. The molecule has 3 heterocycles. The molecule has 1 aliphatic rings. The van der Waals surface area contributed by atoms with E-state index in [0.29, 0.717) is 23.7 Å². The van der Waals surface area contributed by atoms with Crippen molar-refractivity contribution in [3.05, 3.63) is 42.2 Å². The van der Waals surface area contributed by atoms with Crippen LogP contribution in [0.15, 0.2) is 36.7 Å². The smallest absolute Gasteiger partial charge is 0.226 e. The van der Waals surface area contributed by atoms with Gasteiger partial charge in [0.1, 0.15) is 23.8 Å². The molecule has 4 unspecified atom stereocenters. The molecule has 0 spiro atoms. The van der Waals surface area contributed by atoms with Crippen LogP contribution in [0.1, 0.15) is 18.2 Å². The van der Waals surface area contributed by atoms with Crippen molar-refractivity contribution in [1.82, 2.24) is 19.5 Å². The van der Waals surface area contributed by atoms with Crippen LogP contribution in [-0.4, -0.2) is 66.3 Å². The first-order valence-electron chi connectivity index (χ1n) is 9.48. The molecule has 2 aromatic heterocycles. The van der Waals surface area contributed by atoms with Gasteiger partial charge in [-0.05, 0) is 18.4 Å². The van der Waals surface area contributed by atoms with E-state index in [9.17, 15) is 15.3 Å². The summed E-state index contributed by atoms with van der Waals surface area (Å²) in [7, 11) is 0. The zero-order chi connectivity index (χ0) is 20.4. The van der Waals surface area contributed by atoms with Crippen molar-refractivity contribution >= 4 is 22.9 Å². The maximum absolute atomic E-state index is 10.3. The van der Waals surface area contributed by atoms with Gasteiger partial charge in [-0.15, -0.1) is 0 Å². The first-order chi connectivity index (χ1) is 14.1. The molecule has 10 nitrogen and oxygen atoms in total. The van der Waals surface area contributed by atoms with Gasteiger partial charge in [0.15, 0.2) is 17.7 Å². The van der Waals surface area contributed by atoms with Gasteiger partial charge < -0.3 is 31.1 Å². The lowest BCUT2D eigenvalue weighted by molar-refractivity contribution is -0.0511. The maximum Gasteiger partial charge on any atom is 0.226 e. The summed E-state index contributed by atoms with van der Waals surface area (Å²) in [6, 6.07) is 10.2. The highest BCUT2D eigenvalue weighted by Gasteiger charge is 2.44. The zero-order valence-corrected chi connectivity index (χ0v) is 15.7. The summed E-state index contributed by atoms with van der Waals surface area (Å²) >= 11 is 0. The van der Waals surface area contributed by atoms with E-state index < -0.39 is 31.1 Å². The standard InChI is InChI=1S/C19H24N6O4/c20-16-13-17(25(10-22-13)18-15(28)14(27)12(9-26)29-18)24-19(23-16)21-8-4-7-11-5-2-1-3-6-11/h1-3,5-6,10,12,14-15,18,26-28H,4,7-9H2,(H3,20,21,23,24). The molecule has 1 aromatic carbocycles. The molecule has 0 saturated carbocycles. The Morgan fingerprint density at radius 2 is 1.93 bits per heavy atom. The summed E-state index contributed by atoms with van der Waals surface area (Å²) in [6.07, 6.45) is -1.03. The number of hydrogen-bond acceptors (Lipinski definition) is 9. The summed E-state index contributed by atoms with van der Waals surface area (Å²) < 4.78 is 7.06. The molecule has 4 rings (SSSR count). The Kier molecular flexibility index (Phi) is 5.58. The van der Waals surface area contributed by atoms with Crippen molar-refractivity contribution in [2.75, 3.05) is 24.2 Å². The Bertz CT molecular complexity index is 966. The number of nitrogens with two attached hydrogens (primary N) is 1. The number of nitrogen functional groups attached to an aromatic ring is 1. The van der Waals surface area contributed by atoms with Crippen molar-refractivity contribution in [1.29, 1.82) is 0 Å². The van der Waals surface area contributed by atoms with Crippen LogP contribution in [-0.2, 0) is 11.2 Å². The topological polar surface area (TPSA) is 152 Å². The predicted molar refractivity (Wildman–Crippen MR) is 106 cm³/mol. The number of aromatic nitrogens is 4. The van der Waals surface area contributed by atoms with Crippen molar-refractivity contribution in [2.24, 2.45) is 0 Å². The molecule has 1 fully saturated rings. The van der Waals surface area contributed by atoms with E-state index in [1.807, 2.05) is 18.2 Å². The summed E-state index contributed by atoms with van der Waals surface area (Å²) in [5, 5.41) is 32.7. The van der Waals surface area contributed by atoms with E-state index in [-0.39, 0.29) is 5.82 Å². The highest BCUT2D eigenvalue weighted by atomic mass is 16.6. The molecule has 0 bridgehead atoms. The van der Waals surface area contributed by atoms with Gasteiger partial charge >= 0.3 is 0 Å². The number of aliphatic hydroxyl groups excluding tert-OH is 3. The lowest BCUT2D eigenvalue weighted by Crippen LogP contribution is -2.33. The number of rotatable bonds is 7. The van der Waals surface area contributed by atoms with E-state index in [0.717, 1.165) is 12.8 Å². The summed E-state index contributed by atoms with van der Waals surface area (Å²) in [4.78, 5) is 12.9. The number of aliphatic hydroxyl groups is 3. The maximum atomic E-state index is 10.3. The Morgan fingerprint density at radius 3 is 2.66 bits per heavy atom. The molecule has 6 N–H and O–H groups in total. The van der Waals surface area contributed by atoms with Gasteiger partial charge in [0.05, 0.1) is 12.9 Å². The third-order valence-electron chi connectivity index (χ3n) is 5.01. The minimum Gasteiger partial charge on any atom is -0.394 e. The van der Waals surface area contributed by atoms with E-state index in [1.54, 1.807) is 0 Å². The molecule has 3 aromatic rings. The summed E-state index contributed by atoms with van der Waals surface area (Å²) in [6.45, 7) is 0.245. The van der Waals surface area contributed by atoms with Gasteiger partial charge in [-0.25, -0.2) is 4.98 Å². The minimum atomic E-state index is -1.23. The van der Waals surface area contributed by atoms with Crippen LogP contribution in [0.4, 0.5) is 11.8 Å². The number of nitrogens with zero attached hydrogens (tertiary/aromatic N) is 4. The number of benzene rings is 1. The Labute approximate surface area is 167 Å². The van der Waals surface area contributed by atoms with Crippen LogP contribution in [0.2, 0.25) is 0 Å². The minimum absolute atomic E-state index is 0.200. The second-order valence-corrected chi connectivity index (χ2v) is 7.00. The molecule has 0 amide bonds.